The molecule has 18 N–H and O–H groups in total. The average molecular weight is 1750 g/mol. The Bertz CT molecular complexity index is 3480. The van der Waals surface area contributed by atoms with Crippen molar-refractivity contribution in [3.05, 3.63) is 11.8 Å². The third-order valence-corrected chi connectivity index (χ3v) is 17.9. The number of aliphatic hydroxyl groups is 4. The molecule has 0 bridgehead atoms. The van der Waals surface area contributed by atoms with Gasteiger partial charge in [-0.15, -0.1) is 11.6 Å². The molecule has 1 rings (SSSR count). The Hall–Kier alpha value is -10.3. The third kappa shape index (κ3) is 45.2. The van der Waals surface area contributed by atoms with Crippen LogP contribution < -0.4 is 69.1 Å². The number of rotatable bonds is 40. The van der Waals surface area contributed by atoms with E-state index in [2.05, 4.69) is 65.4 Å². The number of esters is 4. The first-order chi connectivity index (χ1) is 56.6. The number of amides is 13. The van der Waals surface area contributed by atoms with Gasteiger partial charge in [0.1, 0.15) is 54.6 Å². The number of alkyl carbamates (subject to hydrolysis) is 3. The van der Waals surface area contributed by atoms with Crippen molar-refractivity contribution in [2.24, 2.45) is 16.2 Å². The zero-order valence-electron chi connectivity index (χ0n) is 71.4. The van der Waals surface area contributed by atoms with Crippen LogP contribution in [-0.4, -0.2) is 290 Å². The first kappa shape index (κ1) is 109. The summed E-state index contributed by atoms with van der Waals surface area (Å²) in [5.41, 5.74) is -3.96. The van der Waals surface area contributed by atoms with Gasteiger partial charge in [0.25, 0.3) is 5.91 Å². The van der Waals surface area contributed by atoms with Crippen LogP contribution in [0.2, 0.25) is 0 Å². The molecule has 44 nitrogen and oxygen atoms in total. The number of hydrogen-bond acceptors (Lipinski definition) is 30. The molecule has 0 aromatic rings. The van der Waals surface area contributed by atoms with Crippen LogP contribution in [-0.2, 0) is 105 Å². The van der Waals surface area contributed by atoms with Crippen molar-refractivity contribution in [1.82, 2.24) is 74.0 Å². The van der Waals surface area contributed by atoms with Crippen LogP contribution in [0.1, 0.15) is 192 Å². The van der Waals surface area contributed by atoms with Crippen molar-refractivity contribution in [2.75, 3.05) is 79.7 Å². The molecular weight excluding hydrogens is 1620 g/mol. The molecule has 121 heavy (non-hydrogen) atoms. The van der Waals surface area contributed by atoms with Crippen LogP contribution in [0.3, 0.4) is 0 Å². The molecule has 45 heteroatoms. The number of aliphatic carboxylic acids is 1. The molecule has 1 saturated heterocycles. The number of nitrogens with zero attached hydrogens (tertiary/aromatic N) is 1. The van der Waals surface area contributed by atoms with E-state index >= 15 is 14.4 Å². The van der Waals surface area contributed by atoms with E-state index in [1.54, 1.807) is 39.8 Å². The fraction of sp³-hybridized carbons (Fsp3) is 0.737. The number of carbonyl (C=O) groups is 18. The Balaban J connectivity index is 4.61. The number of carboxylic acid groups (broad SMARTS) is 1. The van der Waals surface area contributed by atoms with E-state index in [4.69, 9.17) is 44.8 Å². The number of nitrogens with one attached hydrogen (secondary N) is 13. The van der Waals surface area contributed by atoms with Gasteiger partial charge in [-0.05, 0) is 129 Å². The Kier molecular flexibility index (Phi) is 50.6. The number of aliphatic hydroxyl groups excluding tert-OH is 4. The molecule has 1 fully saturated rings. The van der Waals surface area contributed by atoms with E-state index in [0.717, 1.165) is 64.9 Å². The topological polar surface area (TPSA) is 633 Å². The molecule has 0 saturated carbocycles. The van der Waals surface area contributed by atoms with Gasteiger partial charge in [-0.3, -0.25) is 62.3 Å². The normalized spacial score (nSPS) is 20.6. The highest BCUT2D eigenvalue weighted by atomic mass is 35.5. The summed E-state index contributed by atoms with van der Waals surface area (Å²) < 4.78 is 35.2. The number of ether oxygens (including phenoxy) is 7. The lowest BCUT2D eigenvalue weighted by molar-refractivity contribution is -0.162. The van der Waals surface area contributed by atoms with E-state index in [1.807, 2.05) is 10.6 Å². The van der Waals surface area contributed by atoms with Crippen molar-refractivity contribution in [1.29, 1.82) is 0 Å². The molecule has 0 aromatic carbocycles. The summed E-state index contributed by atoms with van der Waals surface area (Å²) in [6, 6.07) is -17.7. The number of hydrogen-bond donors (Lipinski definition) is 18. The largest absolute Gasteiger partial charge is 0.479 e. The van der Waals surface area contributed by atoms with E-state index in [1.165, 1.54) is 41.5 Å². The molecule has 1 heterocycles. The second-order valence-electron chi connectivity index (χ2n) is 31.7. The van der Waals surface area contributed by atoms with Gasteiger partial charge in [0.15, 0.2) is 12.1 Å². The van der Waals surface area contributed by atoms with Gasteiger partial charge >= 0.3 is 48.1 Å². The number of halogens is 1. The standard InChI is InChI=1S/C76H127ClN14O30/c1-15-17-18-19-20-21-22-23-24-27-44(93)36-53(96)82-50-39-115-67(108)55(51(94)38-77)89-65(105)56(57(97)66(106)107)90-58(98)45(16-2)83-64(104)54(43(3)92)88-61(101)48(30-33-81-73(114)121-42-118-70(111)76(10,11)12)85-59(99)46(28-25-26-31-79-71(112)119-40-116-68(109)74(4,5)6)84-62(102)49(37-52(95)78-34-35-91(13)14)87-60(100)47(86-63(50)103)29-32-80-72(113)120-41-117-69(110)75(7,8)9/h16,43-44,46-51,54-57,92-94,97H,15,17-42H2,1-14H3,(H,78,95)(H,79,112)(H,80,113)(H,81,114)(H,82,96)(H,83,104)(H,84,102)(H,85,99)(H,86,103)(H,87,100)(H,88,101)(H,89,105)(H,90,98)(H,106,107)/b45-16-/t43-,44+,46-,47+,48-,49-,50-,51+,54-,55-,56-,57-/m0/s1. The molecule has 688 valence electrons. The predicted octanol–water partition coefficient (Wildman–Crippen LogP) is -1.62. The van der Waals surface area contributed by atoms with Crippen molar-refractivity contribution in [3.63, 3.8) is 0 Å². The SMILES string of the molecule is C/C=C1\NC(=O)[C@H]([C@H](C)O)NC(=O)[C@H](CCNC(=O)OCOC(=O)C(C)(C)C)NC(=O)[C@H](CCCCNC(=O)OCOC(=O)C(C)(C)C)NC(=O)[C@H](CC(=O)NCCN(C)C)NC(=O)[C@@H](CCNC(=O)OCOC(=O)C(C)(C)C)NC(=O)[C@@H](NC(=O)C[C@H](O)CCCCCCCCCCC)COC(=O)[C@H]([C@H](O)CCl)NC(=O)[C@H]([C@H](O)C(=O)O)NC1=O. The smallest absolute Gasteiger partial charge is 0.410 e. The first-order valence-corrected chi connectivity index (χ1v) is 40.3. The van der Waals surface area contributed by atoms with Crippen LogP contribution in [0.15, 0.2) is 11.8 Å². The fourth-order valence-electron chi connectivity index (χ4n) is 10.4. The maximum absolute atomic E-state index is 15.2. The number of alkyl halides is 1. The number of unbranched alkanes of at least 4 members (excludes halogenated alkanes) is 9. The van der Waals surface area contributed by atoms with Crippen LogP contribution in [0.25, 0.3) is 0 Å². The average Bonchev–Trinajstić information content (AvgIpc) is 0.847. The number of carboxylic acids is 1. The fourth-order valence-corrected chi connectivity index (χ4v) is 10.6. The van der Waals surface area contributed by atoms with Gasteiger partial charge < -0.3 is 133 Å². The summed E-state index contributed by atoms with van der Waals surface area (Å²) in [7, 11) is 3.32. The van der Waals surface area contributed by atoms with E-state index < -0.39 is 280 Å². The van der Waals surface area contributed by atoms with Gasteiger partial charge in [-0.1, -0.05) is 70.8 Å². The maximum Gasteiger partial charge on any atom is 0.410 e. The molecule has 13 amide bonds. The second-order valence-corrected chi connectivity index (χ2v) is 32.0. The van der Waals surface area contributed by atoms with Gasteiger partial charge in [0.05, 0.1) is 53.3 Å². The van der Waals surface area contributed by atoms with Crippen molar-refractivity contribution in [2.45, 2.75) is 265 Å². The molecule has 0 aromatic heterocycles. The van der Waals surface area contributed by atoms with Gasteiger partial charge in [0, 0.05) is 32.7 Å². The summed E-state index contributed by atoms with van der Waals surface area (Å²) in [4.78, 5) is 250. The molecule has 1 aliphatic rings. The van der Waals surface area contributed by atoms with Crippen molar-refractivity contribution >= 4 is 119 Å². The van der Waals surface area contributed by atoms with Crippen LogP contribution in [0.4, 0.5) is 14.4 Å². The summed E-state index contributed by atoms with van der Waals surface area (Å²) in [5, 5.41) is 83.7. The monoisotopic (exact) mass is 1750 g/mol. The highest BCUT2D eigenvalue weighted by Crippen LogP contribution is 2.19. The Labute approximate surface area is 707 Å². The number of likely N-dealkylation sites (N-methyl/N-ethyl adjacent to an activating group) is 1. The number of carbonyl (C=O) groups excluding carboxylic acids is 17. The minimum absolute atomic E-state index is 0.0705. The molecule has 0 unspecified atom stereocenters. The maximum atomic E-state index is 15.2. The summed E-state index contributed by atoms with van der Waals surface area (Å²) in [5.74, 6) is -21.0. The molecule has 0 radical (unpaired) electrons. The van der Waals surface area contributed by atoms with Gasteiger partial charge in [0.2, 0.25) is 73.5 Å². The predicted molar refractivity (Wildman–Crippen MR) is 427 cm³/mol. The summed E-state index contributed by atoms with van der Waals surface area (Å²) in [6.45, 7) is 12.4. The third-order valence-electron chi connectivity index (χ3n) is 17.6. The van der Waals surface area contributed by atoms with Crippen LogP contribution >= 0.6 is 11.6 Å². The lowest BCUT2D eigenvalue weighted by atomic mass is 9.97. The van der Waals surface area contributed by atoms with Gasteiger partial charge in [-0.2, -0.15) is 0 Å². The van der Waals surface area contributed by atoms with Crippen molar-refractivity contribution in [3.8, 4) is 0 Å². The minimum atomic E-state index is -2.95. The van der Waals surface area contributed by atoms with Gasteiger partial charge in [-0.25, -0.2) is 24.0 Å². The summed E-state index contributed by atoms with van der Waals surface area (Å²) in [6.07, 6.45) is -6.97. The second kappa shape index (κ2) is 56.3. The zero-order valence-corrected chi connectivity index (χ0v) is 72.1. The van der Waals surface area contributed by atoms with Crippen LogP contribution in [0.5, 0.6) is 0 Å². The van der Waals surface area contributed by atoms with E-state index in [9.17, 15) is 97.5 Å². The zero-order chi connectivity index (χ0) is 91.9. The van der Waals surface area contributed by atoms with Crippen molar-refractivity contribution < 1.29 is 145 Å². The molecular formula is C76H127ClN14O30. The minimum Gasteiger partial charge on any atom is -0.479 e. The quantitative estimate of drug-likeness (QED) is 0.00818. The van der Waals surface area contributed by atoms with Crippen LogP contribution in [0, 0.1) is 16.2 Å². The first-order valence-electron chi connectivity index (χ1n) is 39.8. The lowest BCUT2D eigenvalue weighted by Gasteiger charge is -2.29. The summed E-state index contributed by atoms with van der Waals surface area (Å²) >= 11 is 5.98. The molecule has 0 spiro atoms. The lowest BCUT2D eigenvalue weighted by Crippen LogP contribution is -2.62. The number of allylic oxidation sites excluding steroid dienone is 1. The Morgan fingerprint density at radius 1 is 0.512 bits per heavy atom. The Morgan fingerprint density at radius 3 is 1.40 bits per heavy atom. The molecule has 1 aliphatic heterocycles. The Morgan fingerprint density at radius 2 is 0.950 bits per heavy atom. The van der Waals surface area contributed by atoms with E-state index in [0.29, 0.717) is 12.8 Å². The highest BCUT2D eigenvalue weighted by Gasteiger charge is 2.42. The molecule has 0 aliphatic carbocycles. The number of cyclic esters (lactones) is 1. The highest BCUT2D eigenvalue weighted by molar-refractivity contribution is 6.18. The van der Waals surface area contributed by atoms with E-state index in [-0.39, 0.29) is 38.9 Å². The molecule has 12 atom stereocenters.